The average molecular weight is 275 g/mol. The van der Waals surface area contributed by atoms with Gasteiger partial charge >= 0.3 is 0 Å². The van der Waals surface area contributed by atoms with Crippen molar-refractivity contribution in [2.45, 2.75) is 33.6 Å². The number of carbonyl (C=O) groups excluding carboxylic acids is 1. The molecule has 1 aliphatic rings. The lowest BCUT2D eigenvalue weighted by atomic mass is 9.91. The monoisotopic (exact) mass is 275 g/mol. The van der Waals surface area contributed by atoms with Crippen molar-refractivity contribution < 1.29 is 4.79 Å². The largest absolute Gasteiger partial charge is 0.352 e. The standard InChI is InChI=1S/C16H25N3O/c1-12-8-13(9-17)6-7-14(12)15(20)18-10-16(2,3)11-19(4)5/h8H,6-7,10-11H2,1-5H3,(H,18,20). The first-order chi connectivity index (χ1) is 9.25. The van der Waals surface area contributed by atoms with Gasteiger partial charge < -0.3 is 10.2 Å². The SMILES string of the molecule is CC1=C(C(=O)NCC(C)(C)CN(C)C)CCC(C#N)=C1. The van der Waals surface area contributed by atoms with Crippen LogP contribution >= 0.6 is 0 Å². The number of rotatable bonds is 5. The Hall–Kier alpha value is -1.60. The number of nitrogens with zero attached hydrogens (tertiary/aromatic N) is 2. The van der Waals surface area contributed by atoms with Crippen molar-refractivity contribution in [2.24, 2.45) is 5.41 Å². The van der Waals surface area contributed by atoms with Crippen LogP contribution in [-0.2, 0) is 4.79 Å². The fourth-order valence-corrected chi connectivity index (χ4v) is 2.60. The highest BCUT2D eigenvalue weighted by molar-refractivity contribution is 5.95. The van der Waals surface area contributed by atoms with Gasteiger partial charge in [-0.15, -0.1) is 0 Å². The summed E-state index contributed by atoms with van der Waals surface area (Å²) in [4.78, 5) is 14.4. The first-order valence-electron chi connectivity index (χ1n) is 6.98. The molecule has 1 rings (SSSR count). The molecule has 0 aliphatic heterocycles. The van der Waals surface area contributed by atoms with Gasteiger partial charge in [0, 0.05) is 24.2 Å². The Kier molecular flexibility index (Phi) is 5.52. The van der Waals surface area contributed by atoms with E-state index in [4.69, 9.17) is 5.26 Å². The number of carbonyl (C=O) groups is 1. The van der Waals surface area contributed by atoms with Crippen molar-refractivity contribution in [3.63, 3.8) is 0 Å². The Balaban J connectivity index is 2.65. The lowest BCUT2D eigenvalue weighted by Crippen LogP contribution is -2.40. The summed E-state index contributed by atoms with van der Waals surface area (Å²) in [5, 5.41) is 11.9. The van der Waals surface area contributed by atoms with Crippen molar-refractivity contribution >= 4 is 5.91 Å². The molecule has 0 radical (unpaired) electrons. The molecule has 1 N–H and O–H groups in total. The van der Waals surface area contributed by atoms with Gasteiger partial charge in [0.1, 0.15) is 0 Å². The summed E-state index contributed by atoms with van der Waals surface area (Å²) in [6.45, 7) is 7.75. The number of hydrogen-bond acceptors (Lipinski definition) is 3. The summed E-state index contributed by atoms with van der Waals surface area (Å²) in [6.07, 6.45) is 3.15. The van der Waals surface area contributed by atoms with Crippen LogP contribution in [0.2, 0.25) is 0 Å². The summed E-state index contributed by atoms with van der Waals surface area (Å²) < 4.78 is 0. The van der Waals surface area contributed by atoms with E-state index in [0.717, 1.165) is 23.3 Å². The van der Waals surface area contributed by atoms with Crippen molar-refractivity contribution in [1.29, 1.82) is 5.26 Å². The number of hydrogen-bond donors (Lipinski definition) is 1. The summed E-state index contributed by atoms with van der Waals surface area (Å²) in [7, 11) is 4.07. The molecule has 4 nitrogen and oxygen atoms in total. The first kappa shape index (κ1) is 16.5. The topological polar surface area (TPSA) is 56.1 Å². The van der Waals surface area contributed by atoms with Crippen LogP contribution in [0.3, 0.4) is 0 Å². The molecule has 0 unspecified atom stereocenters. The maximum absolute atomic E-state index is 12.2. The molecule has 1 amide bonds. The molecular formula is C16H25N3O. The van der Waals surface area contributed by atoms with E-state index in [9.17, 15) is 4.79 Å². The summed E-state index contributed by atoms with van der Waals surface area (Å²) in [5.74, 6) is 0.00238. The molecule has 20 heavy (non-hydrogen) atoms. The zero-order valence-electron chi connectivity index (χ0n) is 13.2. The minimum absolute atomic E-state index is 0.00238. The Morgan fingerprint density at radius 2 is 2.10 bits per heavy atom. The van der Waals surface area contributed by atoms with Gasteiger partial charge in [-0.05, 0) is 50.9 Å². The second-order valence-electron chi connectivity index (χ2n) is 6.53. The Morgan fingerprint density at radius 3 is 2.60 bits per heavy atom. The van der Waals surface area contributed by atoms with E-state index in [1.54, 1.807) is 0 Å². The Bertz CT molecular complexity index is 478. The van der Waals surface area contributed by atoms with E-state index in [0.29, 0.717) is 19.4 Å². The van der Waals surface area contributed by atoms with Crippen LogP contribution in [0.5, 0.6) is 0 Å². The molecule has 0 aromatic carbocycles. The molecule has 110 valence electrons. The quantitative estimate of drug-likeness (QED) is 0.837. The second kappa shape index (κ2) is 6.71. The molecule has 0 heterocycles. The third-order valence-corrected chi connectivity index (χ3v) is 3.40. The van der Waals surface area contributed by atoms with Gasteiger partial charge in [-0.25, -0.2) is 0 Å². The number of allylic oxidation sites excluding steroid dienone is 3. The van der Waals surface area contributed by atoms with Gasteiger partial charge in [0.15, 0.2) is 0 Å². The fraction of sp³-hybridized carbons (Fsp3) is 0.625. The van der Waals surface area contributed by atoms with Gasteiger partial charge in [0.25, 0.3) is 0 Å². The minimum atomic E-state index is 0.00238. The molecule has 0 bridgehead atoms. The minimum Gasteiger partial charge on any atom is -0.352 e. The van der Waals surface area contributed by atoms with Crippen LogP contribution in [0.25, 0.3) is 0 Å². The van der Waals surface area contributed by atoms with Gasteiger partial charge in [-0.2, -0.15) is 5.26 Å². The Labute approximate surface area is 122 Å². The lowest BCUT2D eigenvalue weighted by molar-refractivity contribution is -0.118. The van der Waals surface area contributed by atoms with Gasteiger partial charge in [0.2, 0.25) is 5.91 Å². The molecule has 0 saturated heterocycles. The van der Waals surface area contributed by atoms with E-state index in [1.165, 1.54) is 0 Å². The first-order valence-corrected chi connectivity index (χ1v) is 6.98. The highest BCUT2D eigenvalue weighted by atomic mass is 16.1. The lowest BCUT2D eigenvalue weighted by Gasteiger charge is -2.29. The van der Waals surface area contributed by atoms with Crippen LogP contribution in [0.4, 0.5) is 0 Å². The van der Waals surface area contributed by atoms with Crippen LogP contribution in [-0.4, -0.2) is 38.0 Å². The summed E-state index contributed by atoms with van der Waals surface area (Å²) >= 11 is 0. The summed E-state index contributed by atoms with van der Waals surface area (Å²) in [5.41, 5.74) is 2.52. The van der Waals surface area contributed by atoms with E-state index in [2.05, 4.69) is 30.1 Å². The zero-order chi connectivity index (χ0) is 15.3. The third kappa shape index (κ3) is 4.82. The van der Waals surface area contributed by atoms with E-state index < -0.39 is 0 Å². The average Bonchev–Trinajstić information content (AvgIpc) is 2.34. The van der Waals surface area contributed by atoms with E-state index in [-0.39, 0.29) is 11.3 Å². The van der Waals surface area contributed by atoms with Crippen molar-refractivity contribution in [2.75, 3.05) is 27.2 Å². The molecule has 0 aromatic rings. The highest BCUT2D eigenvalue weighted by Gasteiger charge is 2.22. The number of nitrogens with one attached hydrogen (secondary N) is 1. The summed E-state index contributed by atoms with van der Waals surface area (Å²) in [6, 6.07) is 2.16. The highest BCUT2D eigenvalue weighted by Crippen LogP contribution is 2.24. The second-order valence-corrected chi connectivity index (χ2v) is 6.53. The molecule has 0 saturated carbocycles. The molecule has 4 heteroatoms. The van der Waals surface area contributed by atoms with Crippen molar-refractivity contribution in [3.8, 4) is 6.07 Å². The third-order valence-electron chi connectivity index (χ3n) is 3.40. The van der Waals surface area contributed by atoms with E-state index in [1.807, 2.05) is 27.1 Å². The molecule has 0 spiro atoms. The van der Waals surface area contributed by atoms with Crippen molar-refractivity contribution in [1.82, 2.24) is 10.2 Å². The van der Waals surface area contributed by atoms with Crippen molar-refractivity contribution in [3.05, 3.63) is 22.8 Å². The normalized spacial score (nSPS) is 15.9. The fourth-order valence-electron chi connectivity index (χ4n) is 2.60. The van der Waals surface area contributed by atoms with Crippen LogP contribution in [0.1, 0.15) is 33.6 Å². The van der Waals surface area contributed by atoms with E-state index >= 15 is 0 Å². The zero-order valence-corrected chi connectivity index (χ0v) is 13.2. The van der Waals surface area contributed by atoms with Gasteiger partial charge in [-0.1, -0.05) is 13.8 Å². The van der Waals surface area contributed by atoms with Crippen LogP contribution < -0.4 is 5.32 Å². The smallest absolute Gasteiger partial charge is 0.247 e. The maximum atomic E-state index is 12.2. The predicted octanol–water partition coefficient (Wildman–Crippen LogP) is 2.25. The molecule has 0 aromatic heterocycles. The molecule has 0 fully saturated rings. The molecular weight excluding hydrogens is 250 g/mol. The molecule has 1 aliphatic carbocycles. The van der Waals surface area contributed by atoms with Crippen LogP contribution in [0, 0.1) is 16.7 Å². The Morgan fingerprint density at radius 1 is 1.45 bits per heavy atom. The van der Waals surface area contributed by atoms with Gasteiger partial charge in [-0.3, -0.25) is 4.79 Å². The molecule has 0 atom stereocenters. The van der Waals surface area contributed by atoms with Gasteiger partial charge in [0.05, 0.1) is 6.07 Å². The van der Waals surface area contributed by atoms with Crippen LogP contribution in [0.15, 0.2) is 22.8 Å². The maximum Gasteiger partial charge on any atom is 0.247 e. The number of nitriles is 1. The number of amides is 1. The predicted molar refractivity (Wildman–Crippen MR) is 81.0 cm³/mol.